The van der Waals surface area contributed by atoms with Crippen LogP contribution in [0.25, 0.3) is 11.1 Å². The Morgan fingerprint density at radius 2 is 1.50 bits per heavy atom. The predicted molar refractivity (Wildman–Crippen MR) is 75.8 cm³/mol. The van der Waals surface area contributed by atoms with Crippen LogP contribution in [0.4, 0.5) is 0 Å². The topological polar surface area (TPSA) is 74.6 Å². The van der Waals surface area contributed by atoms with Crippen LogP contribution in [0.3, 0.4) is 0 Å². The van der Waals surface area contributed by atoms with Gasteiger partial charge in [0.2, 0.25) is 0 Å². The average molecular weight is 311 g/mol. The molecule has 102 valence electrons. The number of rotatable bonds is 3. The summed E-state index contributed by atoms with van der Waals surface area (Å²) in [5, 5.41) is 18.7. The first kappa shape index (κ1) is 14.4. The van der Waals surface area contributed by atoms with Gasteiger partial charge in [-0.05, 0) is 23.8 Å². The maximum atomic E-state index is 11.3. The third-order valence-corrected chi connectivity index (χ3v) is 3.23. The number of halogens is 2. The van der Waals surface area contributed by atoms with Gasteiger partial charge >= 0.3 is 11.9 Å². The van der Waals surface area contributed by atoms with Gasteiger partial charge in [0, 0.05) is 10.6 Å². The van der Waals surface area contributed by atoms with Crippen molar-refractivity contribution >= 4 is 35.1 Å². The minimum atomic E-state index is -1.23. The van der Waals surface area contributed by atoms with Crippen LogP contribution in [0.2, 0.25) is 10.0 Å². The molecule has 0 spiro atoms. The van der Waals surface area contributed by atoms with E-state index in [4.69, 9.17) is 23.2 Å². The number of carboxylic acid groups (broad SMARTS) is 2. The van der Waals surface area contributed by atoms with Crippen molar-refractivity contribution in [2.24, 2.45) is 0 Å². The maximum Gasteiger partial charge on any atom is 0.336 e. The quantitative estimate of drug-likeness (QED) is 0.896. The zero-order valence-corrected chi connectivity index (χ0v) is 11.4. The minimum absolute atomic E-state index is 0.0285. The molecule has 0 bridgehead atoms. The number of benzene rings is 2. The van der Waals surface area contributed by atoms with Gasteiger partial charge in [-0.1, -0.05) is 41.4 Å². The van der Waals surface area contributed by atoms with E-state index < -0.39 is 11.9 Å². The Bertz CT molecular complexity index is 710. The highest BCUT2D eigenvalue weighted by molar-refractivity contribution is 6.37. The molecule has 0 saturated carbocycles. The first-order chi connectivity index (χ1) is 9.41. The van der Waals surface area contributed by atoms with Crippen molar-refractivity contribution in [1.82, 2.24) is 0 Å². The Labute approximate surface area is 124 Å². The van der Waals surface area contributed by atoms with Crippen LogP contribution in [0.15, 0.2) is 36.4 Å². The van der Waals surface area contributed by atoms with Crippen LogP contribution in [0.1, 0.15) is 20.7 Å². The standard InChI is InChI=1S/C14H8Cl2O4/c15-7-5-10(14(19)20)12(11(16)6-7)8-3-1-2-4-9(8)13(17)18/h1-6H,(H,17,18)(H,19,20). The predicted octanol–water partition coefficient (Wildman–Crippen LogP) is 4.06. The Morgan fingerprint density at radius 1 is 0.900 bits per heavy atom. The van der Waals surface area contributed by atoms with Crippen LogP contribution < -0.4 is 0 Å². The van der Waals surface area contributed by atoms with E-state index in [0.717, 1.165) is 0 Å². The molecule has 0 aliphatic rings. The molecule has 0 aliphatic carbocycles. The third kappa shape index (κ3) is 2.61. The number of hydrogen-bond acceptors (Lipinski definition) is 2. The molecule has 0 saturated heterocycles. The van der Waals surface area contributed by atoms with E-state index in [9.17, 15) is 19.8 Å². The largest absolute Gasteiger partial charge is 0.478 e. The lowest BCUT2D eigenvalue weighted by atomic mass is 9.95. The summed E-state index contributed by atoms with van der Waals surface area (Å²) in [6, 6.07) is 8.67. The van der Waals surface area contributed by atoms with Crippen LogP contribution in [0.5, 0.6) is 0 Å². The van der Waals surface area contributed by atoms with Gasteiger partial charge in [-0.25, -0.2) is 9.59 Å². The van der Waals surface area contributed by atoms with Gasteiger partial charge < -0.3 is 10.2 Å². The zero-order valence-electron chi connectivity index (χ0n) is 9.93. The van der Waals surface area contributed by atoms with Gasteiger partial charge in [-0.2, -0.15) is 0 Å². The van der Waals surface area contributed by atoms with E-state index in [1.54, 1.807) is 12.1 Å². The van der Waals surface area contributed by atoms with Gasteiger partial charge in [0.25, 0.3) is 0 Å². The molecule has 2 N–H and O–H groups in total. The fourth-order valence-corrected chi connectivity index (χ4v) is 2.50. The summed E-state index contributed by atoms with van der Waals surface area (Å²) in [7, 11) is 0. The monoisotopic (exact) mass is 310 g/mol. The second-order valence-electron chi connectivity index (χ2n) is 3.97. The molecule has 2 aromatic rings. The summed E-state index contributed by atoms with van der Waals surface area (Å²) in [6.45, 7) is 0. The molecule has 0 atom stereocenters. The van der Waals surface area contributed by atoms with E-state index in [1.807, 2.05) is 0 Å². The lowest BCUT2D eigenvalue weighted by molar-refractivity contribution is 0.0684. The molecule has 0 amide bonds. The summed E-state index contributed by atoms with van der Waals surface area (Å²) < 4.78 is 0. The molecule has 0 unspecified atom stereocenters. The summed E-state index contributed by atoms with van der Waals surface area (Å²) in [6.07, 6.45) is 0. The third-order valence-electron chi connectivity index (χ3n) is 2.71. The van der Waals surface area contributed by atoms with Crippen LogP contribution in [-0.2, 0) is 0 Å². The molecule has 6 heteroatoms. The molecule has 0 heterocycles. The molecular weight excluding hydrogens is 303 g/mol. The van der Waals surface area contributed by atoms with Crippen molar-refractivity contribution in [3.05, 3.63) is 57.6 Å². The van der Waals surface area contributed by atoms with Crippen LogP contribution in [-0.4, -0.2) is 22.2 Å². The zero-order chi connectivity index (χ0) is 14.9. The molecule has 0 fully saturated rings. The first-order valence-electron chi connectivity index (χ1n) is 5.47. The van der Waals surface area contributed by atoms with Gasteiger partial charge in [0.05, 0.1) is 16.1 Å². The summed E-state index contributed by atoms with van der Waals surface area (Å²) in [4.78, 5) is 22.6. The van der Waals surface area contributed by atoms with E-state index in [1.165, 1.54) is 24.3 Å². The van der Waals surface area contributed by atoms with E-state index >= 15 is 0 Å². The first-order valence-corrected chi connectivity index (χ1v) is 6.22. The Hall–Kier alpha value is -2.04. The van der Waals surface area contributed by atoms with Gasteiger partial charge in [0.15, 0.2) is 0 Å². The number of aromatic carboxylic acids is 2. The van der Waals surface area contributed by atoms with Crippen molar-refractivity contribution in [3.63, 3.8) is 0 Å². The molecular formula is C14H8Cl2O4. The normalized spacial score (nSPS) is 10.3. The van der Waals surface area contributed by atoms with Crippen molar-refractivity contribution in [2.75, 3.05) is 0 Å². The summed E-state index contributed by atoms with van der Waals surface area (Å²) in [5.41, 5.74) is 0.205. The number of carboxylic acids is 2. The fraction of sp³-hybridized carbons (Fsp3) is 0. The van der Waals surface area contributed by atoms with Crippen molar-refractivity contribution in [2.45, 2.75) is 0 Å². The Kier molecular flexibility index (Phi) is 3.97. The van der Waals surface area contributed by atoms with Crippen molar-refractivity contribution in [3.8, 4) is 11.1 Å². The van der Waals surface area contributed by atoms with Crippen molar-refractivity contribution < 1.29 is 19.8 Å². The number of carbonyl (C=O) groups is 2. The van der Waals surface area contributed by atoms with E-state index in [-0.39, 0.29) is 32.3 Å². The highest BCUT2D eigenvalue weighted by atomic mass is 35.5. The smallest absolute Gasteiger partial charge is 0.336 e. The summed E-state index contributed by atoms with van der Waals surface area (Å²) in [5.74, 6) is -2.40. The second-order valence-corrected chi connectivity index (χ2v) is 4.81. The van der Waals surface area contributed by atoms with Gasteiger partial charge in [-0.15, -0.1) is 0 Å². The van der Waals surface area contributed by atoms with Gasteiger partial charge in [-0.3, -0.25) is 0 Å². The average Bonchev–Trinajstić information content (AvgIpc) is 2.37. The fourth-order valence-electron chi connectivity index (χ4n) is 1.90. The van der Waals surface area contributed by atoms with Gasteiger partial charge in [0.1, 0.15) is 0 Å². The lowest BCUT2D eigenvalue weighted by Gasteiger charge is -2.12. The Morgan fingerprint density at radius 3 is 2.10 bits per heavy atom. The molecule has 2 aromatic carbocycles. The molecule has 4 nitrogen and oxygen atoms in total. The van der Waals surface area contributed by atoms with E-state index in [2.05, 4.69) is 0 Å². The minimum Gasteiger partial charge on any atom is -0.478 e. The summed E-state index contributed by atoms with van der Waals surface area (Å²) >= 11 is 11.8. The highest BCUT2D eigenvalue weighted by Gasteiger charge is 2.20. The number of hydrogen-bond donors (Lipinski definition) is 2. The lowest BCUT2D eigenvalue weighted by Crippen LogP contribution is -2.04. The molecule has 0 aliphatic heterocycles. The highest BCUT2D eigenvalue weighted by Crippen LogP contribution is 2.36. The van der Waals surface area contributed by atoms with E-state index in [0.29, 0.717) is 0 Å². The SMILES string of the molecule is O=C(O)c1ccccc1-c1c(Cl)cc(Cl)cc1C(=O)O. The molecule has 0 aromatic heterocycles. The second kappa shape index (κ2) is 5.53. The van der Waals surface area contributed by atoms with Crippen LogP contribution in [0, 0.1) is 0 Å². The Balaban J connectivity index is 2.83. The van der Waals surface area contributed by atoms with Crippen LogP contribution >= 0.6 is 23.2 Å². The molecule has 0 radical (unpaired) electrons. The molecule has 20 heavy (non-hydrogen) atoms. The van der Waals surface area contributed by atoms with Crippen molar-refractivity contribution in [1.29, 1.82) is 0 Å². The molecule has 2 rings (SSSR count). The maximum absolute atomic E-state index is 11.3.